The predicted octanol–water partition coefficient (Wildman–Crippen LogP) is 0.374. The molecule has 7 heteroatoms. The number of carbonyl (C=O) groups excluding carboxylic acids is 2. The van der Waals surface area contributed by atoms with Crippen LogP contribution in [0.5, 0.6) is 0 Å². The number of nitrogens with zero attached hydrogens (tertiary/aromatic N) is 3. The third-order valence-electron chi connectivity index (χ3n) is 2.42. The van der Waals surface area contributed by atoms with Gasteiger partial charge in [-0.05, 0) is 0 Å². The van der Waals surface area contributed by atoms with E-state index in [1.165, 1.54) is 15.8 Å². The summed E-state index contributed by atoms with van der Waals surface area (Å²) in [5.74, 6) is 0.142. The highest BCUT2D eigenvalue weighted by Crippen LogP contribution is 2.20. The molecule has 0 bridgehead atoms. The van der Waals surface area contributed by atoms with Crippen LogP contribution in [0.2, 0.25) is 0 Å². The Morgan fingerprint density at radius 2 is 2.31 bits per heavy atom. The van der Waals surface area contributed by atoms with Crippen molar-refractivity contribution in [2.75, 3.05) is 11.4 Å². The van der Waals surface area contributed by atoms with Crippen LogP contribution in [0.25, 0.3) is 5.52 Å². The van der Waals surface area contributed by atoms with Gasteiger partial charge in [-0.15, -0.1) is 0 Å². The lowest BCUT2D eigenvalue weighted by Gasteiger charge is -2.23. The molecule has 0 atom stereocenters. The molecule has 82 valence electrons. The van der Waals surface area contributed by atoms with Crippen LogP contribution in [0.3, 0.4) is 0 Å². The molecule has 1 aliphatic rings. The highest BCUT2D eigenvalue weighted by molar-refractivity contribution is 6.05. The molecule has 7 nitrogen and oxygen atoms in total. The Morgan fingerprint density at radius 1 is 1.44 bits per heavy atom. The molecular weight excluding hydrogens is 212 g/mol. The van der Waals surface area contributed by atoms with Gasteiger partial charge in [0, 0.05) is 19.0 Å². The molecule has 0 aromatic carbocycles. The summed E-state index contributed by atoms with van der Waals surface area (Å²) in [5, 5.41) is 2.23. The zero-order chi connectivity index (χ0) is 11.1. The van der Waals surface area contributed by atoms with Crippen molar-refractivity contribution >= 4 is 23.3 Å². The molecule has 16 heavy (non-hydrogen) atoms. The Labute approximate surface area is 89.6 Å². The van der Waals surface area contributed by atoms with Crippen molar-refractivity contribution in [2.45, 2.75) is 6.42 Å². The molecule has 2 aromatic heterocycles. The third-order valence-corrected chi connectivity index (χ3v) is 2.42. The Balaban J connectivity index is 1.95. The topological polar surface area (TPSA) is 79.8 Å². The number of anilines is 1. The fourth-order valence-corrected chi connectivity index (χ4v) is 1.63. The first-order valence-electron chi connectivity index (χ1n) is 4.78. The summed E-state index contributed by atoms with van der Waals surface area (Å²) < 4.78 is 6.82. The maximum Gasteiger partial charge on any atom is 0.330 e. The van der Waals surface area contributed by atoms with Gasteiger partial charge in [0.2, 0.25) is 11.8 Å². The highest BCUT2D eigenvalue weighted by atomic mass is 16.5. The number of imide groups is 1. The van der Waals surface area contributed by atoms with Gasteiger partial charge in [-0.3, -0.25) is 15.0 Å². The van der Waals surface area contributed by atoms with E-state index >= 15 is 0 Å². The lowest BCUT2D eigenvalue weighted by molar-refractivity contribution is -0.120. The second-order valence-corrected chi connectivity index (χ2v) is 3.47. The molecule has 3 heterocycles. The van der Waals surface area contributed by atoms with Gasteiger partial charge < -0.3 is 4.52 Å². The van der Waals surface area contributed by atoms with E-state index in [4.69, 9.17) is 4.52 Å². The summed E-state index contributed by atoms with van der Waals surface area (Å²) in [6, 6.07) is 1.24. The summed E-state index contributed by atoms with van der Waals surface area (Å²) >= 11 is 0. The van der Waals surface area contributed by atoms with E-state index in [0.717, 1.165) is 5.52 Å². The summed E-state index contributed by atoms with van der Waals surface area (Å²) in [5.41, 5.74) is 0.764. The van der Waals surface area contributed by atoms with Gasteiger partial charge in [-0.1, -0.05) is 0 Å². The molecule has 0 saturated carbocycles. The Kier molecular flexibility index (Phi) is 1.73. The highest BCUT2D eigenvalue weighted by Gasteiger charge is 2.26. The molecule has 0 unspecified atom stereocenters. The zero-order valence-electron chi connectivity index (χ0n) is 8.21. The standard InChI is InChI=1S/C9H8N4O3/c14-7-1-2-12(9(15)11-7)8-3-6-4-10-5-13(6)16-8/h3-5H,1-2H2,(H,11,14,15). The Morgan fingerprint density at radius 3 is 3.06 bits per heavy atom. The molecule has 0 aliphatic carbocycles. The average molecular weight is 220 g/mol. The van der Waals surface area contributed by atoms with Crippen molar-refractivity contribution < 1.29 is 14.1 Å². The monoisotopic (exact) mass is 220 g/mol. The van der Waals surface area contributed by atoms with E-state index < -0.39 is 6.03 Å². The summed E-state index contributed by atoms with van der Waals surface area (Å²) in [4.78, 5) is 27.7. The number of imidazole rings is 1. The van der Waals surface area contributed by atoms with Crippen molar-refractivity contribution in [1.29, 1.82) is 0 Å². The first kappa shape index (κ1) is 8.96. The number of urea groups is 1. The number of carbonyl (C=O) groups is 2. The van der Waals surface area contributed by atoms with E-state index in [9.17, 15) is 9.59 Å². The molecule has 0 radical (unpaired) electrons. The van der Waals surface area contributed by atoms with Gasteiger partial charge in [-0.2, -0.15) is 4.57 Å². The molecule has 1 aliphatic heterocycles. The maximum atomic E-state index is 11.5. The lowest BCUT2D eigenvalue weighted by Crippen LogP contribution is -2.49. The second kappa shape index (κ2) is 3.09. The summed E-state index contributed by atoms with van der Waals surface area (Å²) in [6.07, 6.45) is 3.41. The quantitative estimate of drug-likeness (QED) is 0.753. The van der Waals surface area contributed by atoms with Crippen molar-refractivity contribution in [1.82, 2.24) is 14.9 Å². The minimum Gasteiger partial charge on any atom is -0.355 e. The van der Waals surface area contributed by atoms with Gasteiger partial charge in [0.05, 0.1) is 6.20 Å². The van der Waals surface area contributed by atoms with Crippen LogP contribution >= 0.6 is 0 Å². The minimum atomic E-state index is -0.457. The van der Waals surface area contributed by atoms with Gasteiger partial charge in [0.25, 0.3) is 0 Å². The first-order chi connectivity index (χ1) is 7.74. The molecule has 1 saturated heterocycles. The van der Waals surface area contributed by atoms with Gasteiger partial charge in [0.1, 0.15) is 11.8 Å². The van der Waals surface area contributed by atoms with E-state index in [2.05, 4.69) is 10.3 Å². The maximum absolute atomic E-state index is 11.5. The summed E-state index contributed by atoms with van der Waals surface area (Å²) in [7, 11) is 0. The smallest absolute Gasteiger partial charge is 0.330 e. The van der Waals surface area contributed by atoms with Crippen molar-refractivity contribution in [2.24, 2.45) is 0 Å². The van der Waals surface area contributed by atoms with Crippen LogP contribution in [0, 0.1) is 0 Å². The molecular formula is C9H8N4O3. The third kappa shape index (κ3) is 1.25. The number of nitrogens with one attached hydrogen (secondary N) is 1. The normalized spacial score (nSPS) is 16.9. The zero-order valence-corrected chi connectivity index (χ0v) is 8.21. The van der Waals surface area contributed by atoms with Gasteiger partial charge in [-0.25, -0.2) is 9.78 Å². The number of fused-ring (bicyclic) bond motifs is 1. The van der Waals surface area contributed by atoms with Crippen LogP contribution in [0.15, 0.2) is 23.1 Å². The Hall–Kier alpha value is -2.31. The fourth-order valence-electron chi connectivity index (χ4n) is 1.63. The van der Waals surface area contributed by atoms with Gasteiger partial charge >= 0.3 is 6.03 Å². The number of hydrogen-bond acceptors (Lipinski definition) is 4. The number of aromatic nitrogens is 2. The molecule has 1 N–H and O–H groups in total. The SMILES string of the molecule is O=C1CCN(c2cc3cncn3o2)C(=O)N1. The van der Waals surface area contributed by atoms with Crippen LogP contribution in [-0.2, 0) is 4.79 Å². The van der Waals surface area contributed by atoms with Gasteiger partial charge in [0.15, 0.2) is 0 Å². The Bertz CT molecular complexity index is 542. The number of amides is 3. The summed E-state index contributed by atoms with van der Waals surface area (Å²) in [6.45, 7) is 0.328. The predicted molar refractivity (Wildman–Crippen MR) is 53.0 cm³/mol. The van der Waals surface area contributed by atoms with Crippen LogP contribution in [0.4, 0.5) is 10.7 Å². The number of rotatable bonds is 1. The van der Waals surface area contributed by atoms with E-state index in [-0.39, 0.29) is 12.3 Å². The molecule has 3 rings (SSSR count). The second-order valence-electron chi connectivity index (χ2n) is 3.47. The largest absolute Gasteiger partial charge is 0.355 e. The van der Waals surface area contributed by atoms with E-state index in [0.29, 0.717) is 12.4 Å². The minimum absolute atomic E-state index is 0.263. The average Bonchev–Trinajstić information content (AvgIpc) is 2.76. The molecule has 1 fully saturated rings. The lowest BCUT2D eigenvalue weighted by atomic mass is 10.3. The first-order valence-corrected chi connectivity index (χ1v) is 4.78. The van der Waals surface area contributed by atoms with Crippen LogP contribution < -0.4 is 10.2 Å². The molecule has 3 amide bonds. The fraction of sp³-hybridized carbons (Fsp3) is 0.222. The van der Waals surface area contributed by atoms with Crippen LogP contribution in [-0.4, -0.2) is 28.0 Å². The van der Waals surface area contributed by atoms with Crippen LogP contribution in [0.1, 0.15) is 6.42 Å². The van der Waals surface area contributed by atoms with Crippen molar-refractivity contribution in [3.8, 4) is 0 Å². The van der Waals surface area contributed by atoms with E-state index in [1.54, 1.807) is 12.3 Å². The molecule has 0 spiro atoms. The van der Waals surface area contributed by atoms with E-state index in [1.807, 2.05) is 0 Å². The van der Waals surface area contributed by atoms with Crippen molar-refractivity contribution in [3.63, 3.8) is 0 Å². The molecule has 2 aromatic rings. The number of hydrogen-bond donors (Lipinski definition) is 1. The van der Waals surface area contributed by atoms with Crippen molar-refractivity contribution in [3.05, 3.63) is 18.6 Å².